The van der Waals surface area contributed by atoms with Crippen LogP contribution in [-0.4, -0.2) is 4.92 Å². The van der Waals surface area contributed by atoms with E-state index >= 15 is 0 Å². The molecule has 1 atom stereocenters. The summed E-state index contributed by atoms with van der Waals surface area (Å²) in [7, 11) is 0. The Hall–Kier alpha value is -1.42. The van der Waals surface area contributed by atoms with Crippen molar-refractivity contribution in [2.75, 3.05) is 0 Å². The molecule has 2 N–H and O–H groups in total. The van der Waals surface area contributed by atoms with Gasteiger partial charge in [-0.25, -0.2) is 0 Å². The zero-order valence-electron chi connectivity index (χ0n) is 11.6. The first-order chi connectivity index (χ1) is 8.24. The molecular formula is C14H22N2O2. The summed E-state index contributed by atoms with van der Waals surface area (Å²) in [6.45, 7) is 8.40. The quantitative estimate of drug-likeness (QED) is 0.655. The molecule has 100 valence electrons. The molecule has 0 heterocycles. The molecule has 0 fully saturated rings. The van der Waals surface area contributed by atoms with Crippen LogP contribution in [0.2, 0.25) is 0 Å². The van der Waals surface area contributed by atoms with Gasteiger partial charge in [-0.15, -0.1) is 0 Å². The number of hydrogen-bond acceptors (Lipinski definition) is 3. The fourth-order valence-electron chi connectivity index (χ4n) is 2.13. The second kappa shape index (κ2) is 5.48. The summed E-state index contributed by atoms with van der Waals surface area (Å²) >= 11 is 0. The molecule has 1 aromatic carbocycles. The number of non-ortho nitro benzene ring substituents is 1. The highest BCUT2D eigenvalue weighted by Gasteiger charge is 2.20. The monoisotopic (exact) mass is 250 g/mol. The van der Waals surface area contributed by atoms with E-state index in [4.69, 9.17) is 5.73 Å². The van der Waals surface area contributed by atoms with Crippen molar-refractivity contribution < 1.29 is 4.92 Å². The normalized spacial score (nSPS) is 13.4. The summed E-state index contributed by atoms with van der Waals surface area (Å²) in [5.74, 6) is 0. The molecule has 0 saturated carbocycles. The molecular weight excluding hydrogens is 228 g/mol. The summed E-state index contributed by atoms with van der Waals surface area (Å²) in [4.78, 5) is 10.5. The zero-order chi connectivity index (χ0) is 13.9. The highest BCUT2D eigenvalue weighted by atomic mass is 16.6. The van der Waals surface area contributed by atoms with Gasteiger partial charge in [0.05, 0.1) is 4.92 Å². The van der Waals surface area contributed by atoms with Gasteiger partial charge in [-0.2, -0.15) is 0 Å². The Morgan fingerprint density at radius 3 is 2.44 bits per heavy atom. The van der Waals surface area contributed by atoms with Gasteiger partial charge in [0.25, 0.3) is 5.69 Å². The minimum atomic E-state index is -0.368. The molecule has 0 aliphatic carbocycles. The molecule has 0 aromatic heterocycles. The van der Waals surface area contributed by atoms with Gasteiger partial charge in [0, 0.05) is 18.2 Å². The highest BCUT2D eigenvalue weighted by Crippen LogP contribution is 2.31. The van der Waals surface area contributed by atoms with Crippen LogP contribution in [0.4, 0.5) is 5.69 Å². The minimum absolute atomic E-state index is 0.106. The van der Waals surface area contributed by atoms with Crippen molar-refractivity contribution in [3.05, 3.63) is 39.4 Å². The van der Waals surface area contributed by atoms with Crippen molar-refractivity contribution in [3.8, 4) is 0 Å². The van der Waals surface area contributed by atoms with Crippen LogP contribution >= 0.6 is 0 Å². The maximum Gasteiger partial charge on any atom is 0.269 e. The van der Waals surface area contributed by atoms with Gasteiger partial charge in [0.15, 0.2) is 0 Å². The number of rotatable bonds is 4. The molecule has 4 nitrogen and oxygen atoms in total. The van der Waals surface area contributed by atoms with E-state index in [1.54, 1.807) is 12.1 Å². The van der Waals surface area contributed by atoms with E-state index in [1.807, 2.05) is 13.0 Å². The topological polar surface area (TPSA) is 69.2 Å². The number of nitro benzene ring substituents is 1. The van der Waals surface area contributed by atoms with E-state index < -0.39 is 0 Å². The van der Waals surface area contributed by atoms with Crippen molar-refractivity contribution in [3.63, 3.8) is 0 Å². The van der Waals surface area contributed by atoms with E-state index in [1.165, 1.54) is 0 Å². The summed E-state index contributed by atoms with van der Waals surface area (Å²) in [6.07, 6.45) is 1.65. The number of nitrogens with zero attached hydrogens (tertiary/aromatic N) is 1. The molecule has 1 unspecified atom stereocenters. The van der Waals surface area contributed by atoms with Gasteiger partial charge >= 0.3 is 0 Å². The lowest BCUT2D eigenvalue weighted by Crippen LogP contribution is -2.20. The number of aryl methyl sites for hydroxylation is 1. The van der Waals surface area contributed by atoms with E-state index in [2.05, 4.69) is 20.8 Å². The first-order valence-electron chi connectivity index (χ1n) is 6.27. The Labute approximate surface area is 108 Å². The number of hydrogen-bond donors (Lipinski definition) is 1. The van der Waals surface area contributed by atoms with Crippen LogP contribution in [0.3, 0.4) is 0 Å². The van der Waals surface area contributed by atoms with E-state index in [-0.39, 0.29) is 22.1 Å². The Morgan fingerprint density at radius 2 is 2.00 bits per heavy atom. The fraction of sp³-hybridized carbons (Fsp3) is 0.571. The molecule has 0 aliphatic heterocycles. The molecule has 0 saturated heterocycles. The smallest absolute Gasteiger partial charge is 0.269 e. The van der Waals surface area contributed by atoms with Crippen molar-refractivity contribution >= 4 is 5.69 Å². The van der Waals surface area contributed by atoms with Gasteiger partial charge < -0.3 is 5.73 Å². The zero-order valence-corrected chi connectivity index (χ0v) is 11.6. The van der Waals surface area contributed by atoms with Gasteiger partial charge in [-0.1, -0.05) is 33.8 Å². The van der Waals surface area contributed by atoms with Crippen molar-refractivity contribution in [1.29, 1.82) is 0 Å². The van der Waals surface area contributed by atoms with Gasteiger partial charge in [-0.3, -0.25) is 10.1 Å². The largest absolute Gasteiger partial charge is 0.324 e. The van der Waals surface area contributed by atoms with Gasteiger partial charge in [0.2, 0.25) is 0 Å². The predicted octanol–water partition coefficient (Wildman–Crippen LogP) is 3.59. The van der Waals surface area contributed by atoms with Crippen LogP contribution in [0, 0.1) is 15.5 Å². The summed E-state index contributed by atoms with van der Waals surface area (Å²) in [6, 6.07) is 4.83. The second-order valence-electron chi connectivity index (χ2n) is 5.87. The van der Waals surface area contributed by atoms with Crippen molar-refractivity contribution in [2.24, 2.45) is 11.1 Å². The van der Waals surface area contributed by atoms with Gasteiger partial charge in [0.1, 0.15) is 0 Å². The van der Waals surface area contributed by atoms with E-state index in [0.29, 0.717) is 0 Å². The molecule has 1 rings (SSSR count). The second-order valence-corrected chi connectivity index (χ2v) is 5.87. The van der Waals surface area contributed by atoms with Crippen LogP contribution in [0.15, 0.2) is 18.2 Å². The van der Waals surface area contributed by atoms with Crippen LogP contribution < -0.4 is 5.73 Å². The molecule has 0 bridgehead atoms. The van der Waals surface area contributed by atoms with E-state index in [9.17, 15) is 10.1 Å². The van der Waals surface area contributed by atoms with Crippen molar-refractivity contribution in [2.45, 2.75) is 46.6 Å². The average Bonchev–Trinajstić information content (AvgIpc) is 2.25. The molecule has 1 aromatic rings. The van der Waals surface area contributed by atoms with Crippen LogP contribution in [0.1, 0.15) is 51.3 Å². The third-order valence-corrected chi connectivity index (χ3v) is 2.95. The lowest BCUT2D eigenvalue weighted by atomic mass is 9.84. The minimum Gasteiger partial charge on any atom is -0.324 e. The maximum absolute atomic E-state index is 10.8. The highest BCUT2D eigenvalue weighted by molar-refractivity contribution is 5.41. The Bertz CT molecular complexity index is 436. The third kappa shape index (κ3) is 3.81. The first kappa shape index (κ1) is 14.6. The van der Waals surface area contributed by atoms with Crippen LogP contribution in [0.25, 0.3) is 0 Å². The summed E-state index contributed by atoms with van der Waals surface area (Å²) in [5.41, 5.74) is 8.43. The molecule has 0 aliphatic rings. The number of nitrogens with two attached hydrogens (primary N) is 1. The Kier molecular flexibility index (Phi) is 4.46. The molecule has 0 amide bonds. The van der Waals surface area contributed by atoms with Crippen LogP contribution in [0.5, 0.6) is 0 Å². The first-order valence-corrected chi connectivity index (χ1v) is 6.27. The third-order valence-electron chi connectivity index (χ3n) is 2.95. The molecule has 0 spiro atoms. The van der Waals surface area contributed by atoms with Gasteiger partial charge in [-0.05, 0) is 29.4 Å². The maximum atomic E-state index is 10.8. The standard InChI is InChI=1S/C14H22N2O2/c1-5-10-6-7-11(16(17)18)8-12(10)13(15)9-14(2,3)4/h6-8,13H,5,9,15H2,1-4H3. The Morgan fingerprint density at radius 1 is 1.39 bits per heavy atom. The fourth-order valence-corrected chi connectivity index (χ4v) is 2.13. The Balaban J connectivity index is 3.11. The lowest BCUT2D eigenvalue weighted by Gasteiger charge is -2.24. The lowest BCUT2D eigenvalue weighted by molar-refractivity contribution is -0.385. The van der Waals surface area contributed by atoms with Crippen molar-refractivity contribution in [1.82, 2.24) is 0 Å². The summed E-state index contributed by atoms with van der Waals surface area (Å²) in [5, 5.41) is 10.8. The van der Waals surface area contributed by atoms with Crippen LogP contribution in [-0.2, 0) is 6.42 Å². The summed E-state index contributed by atoms with van der Waals surface area (Å²) < 4.78 is 0. The van der Waals surface area contributed by atoms with E-state index in [0.717, 1.165) is 24.0 Å². The average molecular weight is 250 g/mol. The molecule has 4 heteroatoms. The number of nitro groups is 1. The number of benzene rings is 1. The molecule has 18 heavy (non-hydrogen) atoms. The molecule has 0 radical (unpaired) electrons. The predicted molar refractivity (Wildman–Crippen MR) is 73.5 cm³/mol. The SMILES string of the molecule is CCc1ccc([N+](=O)[O-])cc1C(N)CC(C)(C)C.